The number of amides is 1. The summed E-state index contributed by atoms with van der Waals surface area (Å²) in [5.74, 6) is 0.668. The highest BCUT2D eigenvalue weighted by Crippen LogP contribution is 2.37. The Kier molecular flexibility index (Phi) is 4.62. The first-order valence-electron chi connectivity index (χ1n) is 12.7. The van der Waals surface area contributed by atoms with E-state index in [0.29, 0.717) is 17.2 Å². The van der Waals surface area contributed by atoms with E-state index < -0.39 is 0 Å². The number of hydrogen-bond donors (Lipinski definition) is 1. The van der Waals surface area contributed by atoms with Gasteiger partial charge in [-0.15, -0.1) is 0 Å². The lowest BCUT2D eigenvalue weighted by atomic mass is 9.81. The number of fused-ring (bicyclic) bond motifs is 1. The maximum Gasteiger partial charge on any atom is 0.225 e. The molecular weight excluding hydrogens is 424 g/mol. The van der Waals surface area contributed by atoms with Gasteiger partial charge in [0.15, 0.2) is 0 Å². The molecule has 0 unspecified atom stereocenters. The molecule has 7 rings (SSSR count). The maximum atomic E-state index is 12.4. The molecule has 4 aliphatic rings. The third-order valence-electron chi connectivity index (χ3n) is 8.35. The molecule has 0 atom stereocenters. The van der Waals surface area contributed by atoms with Crippen LogP contribution in [0.5, 0.6) is 0 Å². The maximum absolute atomic E-state index is 12.4. The smallest absolute Gasteiger partial charge is 0.225 e. The number of hydrogen-bond acceptors (Lipinski definition) is 5. The number of nitrogens with one attached hydrogen (secondary N) is 1. The molecule has 176 valence electrons. The molecule has 1 saturated carbocycles. The van der Waals surface area contributed by atoms with Crippen LogP contribution in [-0.4, -0.2) is 72.8 Å². The van der Waals surface area contributed by atoms with Crippen LogP contribution in [0.3, 0.4) is 0 Å². The standard InChI is InChI=1S/C27H32N6O/c34-26(21-1-2-21)31-13-11-30(12-14-31)24-7-9-29-33-16-22(15-25(24)33)20-3-5-23(6-4-20)32-10-8-27(19-32)17-28-18-27/h3-7,9,15-16,21,28H,1-2,8,10-14,17-19H2. The Morgan fingerprint density at radius 2 is 1.74 bits per heavy atom. The summed E-state index contributed by atoms with van der Waals surface area (Å²) in [6, 6.07) is 13.4. The minimum Gasteiger partial charge on any atom is -0.371 e. The zero-order valence-electron chi connectivity index (χ0n) is 19.6. The van der Waals surface area contributed by atoms with Gasteiger partial charge in [-0.05, 0) is 49.1 Å². The summed E-state index contributed by atoms with van der Waals surface area (Å²) in [5, 5.41) is 8.03. The lowest BCUT2D eigenvalue weighted by molar-refractivity contribution is -0.132. The van der Waals surface area contributed by atoms with Gasteiger partial charge >= 0.3 is 0 Å². The van der Waals surface area contributed by atoms with Crippen molar-refractivity contribution in [2.45, 2.75) is 19.3 Å². The van der Waals surface area contributed by atoms with E-state index in [4.69, 9.17) is 0 Å². The Morgan fingerprint density at radius 1 is 0.941 bits per heavy atom. The summed E-state index contributed by atoms with van der Waals surface area (Å²) in [6.45, 7) is 8.03. The first kappa shape index (κ1) is 20.3. The molecule has 7 nitrogen and oxygen atoms in total. The minimum atomic E-state index is 0.306. The number of carbonyl (C=O) groups is 1. The van der Waals surface area contributed by atoms with Crippen LogP contribution >= 0.6 is 0 Å². The molecule has 5 heterocycles. The molecule has 1 aliphatic carbocycles. The van der Waals surface area contributed by atoms with Crippen LogP contribution in [0.1, 0.15) is 19.3 Å². The molecule has 1 amide bonds. The fourth-order valence-electron chi connectivity index (χ4n) is 5.97. The summed E-state index contributed by atoms with van der Waals surface area (Å²) < 4.78 is 1.99. The predicted molar refractivity (Wildman–Crippen MR) is 134 cm³/mol. The van der Waals surface area contributed by atoms with Crippen molar-refractivity contribution in [3.8, 4) is 11.1 Å². The van der Waals surface area contributed by atoms with Gasteiger partial charge in [0.1, 0.15) is 0 Å². The van der Waals surface area contributed by atoms with Gasteiger partial charge in [-0.3, -0.25) is 4.79 Å². The Morgan fingerprint density at radius 3 is 2.41 bits per heavy atom. The van der Waals surface area contributed by atoms with Crippen molar-refractivity contribution in [3.63, 3.8) is 0 Å². The van der Waals surface area contributed by atoms with Crippen LogP contribution in [0.4, 0.5) is 11.4 Å². The Hall–Kier alpha value is -3.06. The molecule has 3 aliphatic heterocycles. The Balaban J connectivity index is 1.09. The van der Waals surface area contributed by atoms with Crippen molar-refractivity contribution >= 4 is 22.8 Å². The second kappa shape index (κ2) is 7.73. The van der Waals surface area contributed by atoms with Crippen LogP contribution in [-0.2, 0) is 4.79 Å². The third-order valence-corrected chi connectivity index (χ3v) is 8.35. The molecule has 2 aromatic heterocycles. The SMILES string of the molecule is O=C(C1CC1)N1CCN(c2ccnn3cc(-c4ccc(N5CCC6(CNC6)C5)cc4)cc23)CC1. The number of carbonyl (C=O) groups excluding carboxylic acids is 1. The van der Waals surface area contributed by atoms with E-state index in [1.54, 1.807) is 0 Å². The van der Waals surface area contributed by atoms with Gasteiger partial charge in [-0.2, -0.15) is 5.10 Å². The highest BCUT2D eigenvalue weighted by atomic mass is 16.2. The van der Waals surface area contributed by atoms with E-state index in [2.05, 4.69) is 67.7 Å². The van der Waals surface area contributed by atoms with E-state index in [0.717, 1.165) is 51.1 Å². The lowest BCUT2D eigenvalue weighted by Gasteiger charge is -2.39. The van der Waals surface area contributed by atoms with E-state index in [1.807, 2.05) is 10.7 Å². The molecule has 1 aromatic carbocycles. The second-order valence-corrected chi connectivity index (χ2v) is 10.7. The molecule has 3 aromatic rings. The van der Waals surface area contributed by atoms with Gasteiger partial charge in [0.05, 0.1) is 11.2 Å². The van der Waals surface area contributed by atoms with Crippen LogP contribution in [0, 0.1) is 11.3 Å². The zero-order valence-corrected chi connectivity index (χ0v) is 19.6. The first-order chi connectivity index (χ1) is 16.7. The fraction of sp³-hybridized carbons (Fsp3) is 0.481. The Bertz CT molecular complexity index is 1220. The summed E-state index contributed by atoms with van der Waals surface area (Å²) in [4.78, 5) is 19.4. The lowest BCUT2D eigenvalue weighted by Crippen LogP contribution is -2.54. The minimum absolute atomic E-state index is 0.306. The molecule has 0 radical (unpaired) electrons. The predicted octanol–water partition coefficient (Wildman–Crippen LogP) is 2.86. The highest BCUT2D eigenvalue weighted by molar-refractivity contribution is 5.82. The fourth-order valence-corrected chi connectivity index (χ4v) is 5.97. The van der Waals surface area contributed by atoms with Gasteiger partial charge in [-0.1, -0.05) is 12.1 Å². The van der Waals surface area contributed by atoms with E-state index >= 15 is 0 Å². The normalized spacial score (nSPS) is 21.9. The van der Waals surface area contributed by atoms with Gasteiger partial charge in [0, 0.05) is 87.3 Å². The third kappa shape index (κ3) is 3.45. The summed E-state index contributed by atoms with van der Waals surface area (Å²) in [7, 11) is 0. The number of piperazine rings is 1. The monoisotopic (exact) mass is 456 g/mol. The summed E-state index contributed by atoms with van der Waals surface area (Å²) >= 11 is 0. The van der Waals surface area contributed by atoms with E-state index in [-0.39, 0.29) is 0 Å². The molecule has 4 fully saturated rings. The van der Waals surface area contributed by atoms with Crippen molar-refractivity contribution in [2.24, 2.45) is 11.3 Å². The molecule has 1 N–H and O–H groups in total. The Labute approximate surface area is 200 Å². The second-order valence-electron chi connectivity index (χ2n) is 10.7. The van der Waals surface area contributed by atoms with Crippen molar-refractivity contribution in [1.29, 1.82) is 0 Å². The van der Waals surface area contributed by atoms with Crippen molar-refractivity contribution in [2.75, 3.05) is 62.2 Å². The van der Waals surface area contributed by atoms with Gasteiger partial charge < -0.3 is 20.0 Å². The number of rotatable bonds is 4. The van der Waals surface area contributed by atoms with Crippen LogP contribution < -0.4 is 15.1 Å². The summed E-state index contributed by atoms with van der Waals surface area (Å²) in [6.07, 6.45) is 7.47. The van der Waals surface area contributed by atoms with Gasteiger partial charge in [0.25, 0.3) is 0 Å². The van der Waals surface area contributed by atoms with Crippen LogP contribution in [0.2, 0.25) is 0 Å². The first-order valence-corrected chi connectivity index (χ1v) is 12.7. The van der Waals surface area contributed by atoms with Gasteiger partial charge in [0.2, 0.25) is 5.91 Å². The van der Waals surface area contributed by atoms with Crippen molar-refractivity contribution in [1.82, 2.24) is 19.8 Å². The number of anilines is 2. The zero-order chi connectivity index (χ0) is 22.7. The van der Waals surface area contributed by atoms with Crippen LogP contribution in [0.15, 0.2) is 48.8 Å². The summed E-state index contributed by atoms with van der Waals surface area (Å²) in [5.41, 5.74) is 6.58. The molecule has 7 heteroatoms. The average molecular weight is 457 g/mol. The number of nitrogens with zero attached hydrogens (tertiary/aromatic N) is 5. The molecule has 0 bridgehead atoms. The number of aromatic nitrogens is 2. The van der Waals surface area contributed by atoms with Gasteiger partial charge in [-0.25, -0.2) is 4.52 Å². The highest BCUT2D eigenvalue weighted by Gasteiger charge is 2.42. The topological polar surface area (TPSA) is 56.1 Å². The largest absolute Gasteiger partial charge is 0.371 e. The van der Waals surface area contributed by atoms with Crippen LogP contribution in [0.25, 0.3) is 16.6 Å². The van der Waals surface area contributed by atoms with Crippen molar-refractivity contribution in [3.05, 3.63) is 48.8 Å². The van der Waals surface area contributed by atoms with E-state index in [9.17, 15) is 4.79 Å². The van der Waals surface area contributed by atoms with E-state index in [1.165, 1.54) is 48.6 Å². The van der Waals surface area contributed by atoms with Crippen molar-refractivity contribution < 1.29 is 4.79 Å². The quantitative estimate of drug-likeness (QED) is 0.654. The molecular formula is C27H32N6O. The number of benzene rings is 1. The molecule has 34 heavy (non-hydrogen) atoms. The molecule has 3 saturated heterocycles. The average Bonchev–Trinajstić information content (AvgIpc) is 3.44. The molecule has 1 spiro atoms.